The van der Waals surface area contributed by atoms with Gasteiger partial charge in [0.05, 0.1) is 0 Å². The van der Waals surface area contributed by atoms with Crippen LogP contribution in [-0.2, 0) is 6.54 Å². The fraction of sp³-hybridized carbons (Fsp3) is 0.444. The molecule has 0 saturated heterocycles. The van der Waals surface area contributed by atoms with E-state index in [9.17, 15) is 0 Å². The Bertz CT molecular complexity index is 307. The first-order valence-electron chi connectivity index (χ1n) is 4.10. The van der Waals surface area contributed by atoms with Crippen molar-refractivity contribution in [1.82, 2.24) is 5.32 Å². The average molecular weight is 178 g/mol. The first kappa shape index (κ1) is 7.78. The second kappa shape index (κ2) is 3.26. The van der Waals surface area contributed by atoms with Gasteiger partial charge in [0.25, 0.3) is 0 Å². The minimum Gasteiger partial charge on any atom is -0.309 e. The van der Waals surface area contributed by atoms with Crippen LogP contribution in [0.15, 0.2) is 12.1 Å². The third-order valence-electron chi connectivity index (χ3n) is 1.91. The highest BCUT2D eigenvalue weighted by Gasteiger charge is 2.20. The lowest BCUT2D eigenvalue weighted by Gasteiger charge is -1.97. The van der Waals surface area contributed by atoms with Crippen molar-refractivity contribution in [2.24, 2.45) is 0 Å². The lowest BCUT2D eigenvalue weighted by Crippen LogP contribution is -2.14. The summed E-state index contributed by atoms with van der Waals surface area (Å²) in [4.78, 5) is 2.07. The molecule has 2 nitrogen and oxygen atoms in total. The smallest absolute Gasteiger partial charge is 0.110 e. The summed E-state index contributed by atoms with van der Waals surface area (Å²) in [6, 6.07) is 6.80. The van der Waals surface area contributed by atoms with E-state index in [2.05, 4.69) is 11.4 Å². The third kappa shape index (κ3) is 1.84. The highest BCUT2D eigenvalue weighted by Crippen LogP contribution is 2.21. The first-order chi connectivity index (χ1) is 5.88. The number of hydrogen-bond donors (Lipinski definition) is 1. The van der Waals surface area contributed by atoms with Crippen LogP contribution in [0.2, 0.25) is 0 Å². The zero-order valence-electron chi connectivity index (χ0n) is 6.71. The van der Waals surface area contributed by atoms with Crippen LogP contribution in [-0.4, -0.2) is 6.04 Å². The van der Waals surface area contributed by atoms with Gasteiger partial charge in [-0.1, -0.05) is 0 Å². The highest BCUT2D eigenvalue weighted by atomic mass is 32.1. The number of nitrogens with zero attached hydrogens (tertiary/aromatic N) is 1. The SMILES string of the molecule is N#Cc1ccc(CNC2CC2)s1. The summed E-state index contributed by atoms with van der Waals surface area (Å²) in [7, 11) is 0. The zero-order valence-corrected chi connectivity index (χ0v) is 7.53. The van der Waals surface area contributed by atoms with Gasteiger partial charge in [0.1, 0.15) is 10.9 Å². The van der Waals surface area contributed by atoms with Crippen molar-refractivity contribution in [3.63, 3.8) is 0 Å². The molecule has 0 aliphatic heterocycles. The third-order valence-corrected chi connectivity index (χ3v) is 2.90. The monoisotopic (exact) mass is 178 g/mol. The van der Waals surface area contributed by atoms with Crippen LogP contribution in [0.5, 0.6) is 0 Å². The van der Waals surface area contributed by atoms with Crippen LogP contribution in [0, 0.1) is 11.3 Å². The highest BCUT2D eigenvalue weighted by molar-refractivity contribution is 7.12. The maximum atomic E-state index is 8.58. The normalized spacial score (nSPS) is 15.9. The van der Waals surface area contributed by atoms with Crippen LogP contribution in [0.4, 0.5) is 0 Å². The maximum absolute atomic E-state index is 8.58. The predicted molar refractivity (Wildman–Crippen MR) is 48.9 cm³/mol. The molecule has 0 amide bonds. The molecule has 0 atom stereocenters. The van der Waals surface area contributed by atoms with E-state index in [1.54, 1.807) is 11.3 Å². The topological polar surface area (TPSA) is 35.8 Å². The van der Waals surface area contributed by atoms with Crippen molar-refractivity contribution in [2.75, 3.05) is 0 Å². The van der Waals surface area contributed by atoms with Crippen LogP contribution < -0.4 is 5.32 Å². The Hall–Kier alpha value is -0.850. The number of rotatable bonds is 3. The molecular formula is C9H10N2S. The van der Waals surface area contributed by atoms with Crippen molar-refractivity contribution in [2.45, 2.75) is 25.4 Å². The van der Waals surface area contributed by atoms with Gasteiger partial charge in [-0.05, 0) is 25.0 Å². The first-order valence-corrected chi connectivity index (χ1v) is 4.92. The standard InChI is InChI=1S/C9H10N2S/c10-5-8-3-4-9(12-8)6-11-7-1-2-7/h3-4,7,11H,1-2,6H2. The van der Waals surface area contributed by atoms with Crippen LogP contribution in [0.3, 0.4) is 0 Å². The molecule has 1 heterocycles. The molecule has 1 fully saturated rings. The van der Waals surface area contributed by atoms with E-state index < -0.39 is 0 Å². The molecule has 12 heavy (non-hydrogen) atoms. The van der Waals surface area contributed by atoms with Gasteiger partial charge in [0.2, 0.25) is 0 Å². The molecule has 0 aromatic carbocycles. The lowest BCUT2D eigenvalue weighted by atomic mass is 10.4. The molecule has 3 heteroatoms. The fourth-order valence-electron chi connectivity index (χ4n) is 1.07. The maximum Gasteiger partial charge on any atom is 0.110 e. The second-order valence-corrected chi connectivity index (χ2v) is 4.20. The van der Waals surface area contributed by atoms with Crippen molar-refractivity contribution in [1.29, 1.82) is 5.26 Å². The molecule has 1 aromatic rings. The van der Waals surface area contributed by atoms with Gasteiger partial charge in [-0.15, -0.1) is 11.3 Å². The molecule has 0 radical (unpaired) electrons. The number of nitriles is 1. The predicted octanol–water partition coefficient (Wildman–Crippen LogP) is 1.87. The zero-order chi connectivity index (χ0) is 8.39. The average Bonchev–Trinajstić information content (AvgIpc) is 2.81. The Balaban J connectivity index is 1.90. The van der Waals surface area contributed by atoms with E-state index in [0.29, 0.717) is 0 Å². The molecule has 1 aliphatic carbocycles. The van der Waals surface area contributed by atoms with Crippen LogP contribution in [0.1, 0.15) is 22.6 Å². The molecular weight excluding hydrogens is 168 g/mol. The summed E-state index contributed by atoms with van der Waals surface area (Å²) >= 11 is 1.58. The molecule has 1 saturated carbocycles. The van der Waals surface area contributed by atoms with Crippen molar-refractivity contribution < 1.29 is 0 Å². The molecule has 1 N–H and O–H groups in total. The van der Waals surface area contributed by atoms with Crippen LogP contribution in [0.25, 0.3) is 0 Å². The Morgan fingerprint density at radius 3 is 3.00 bits per heavy atom. The van der Waals surface area contributed by atoms with E-state index in [0.717, 1.165) is 17.5 Å². The fourth-order valence-corrected chi connectivity index (χ4v) is 1.82. The minimum absolute atomic E-state index is 0.748. The van der Waals surface area contributed by atoms with Crippen molar-refractivity contribution in [3.05, 3.63) is 21.9 Å². The molecule has 0 unspecified atom stereocenters. The van der Waals surface area contributed by atoms with E-state index in [4.69, 9.17) is 5.26 Å². The second-order valence-electron chi connectivity index (χ2n) is 3.03. The number of nitrogens with one attached hydrogen (secondary N) is 1. The Morgan fingerprint density at radius 2 is 2.42 bits per heavy atom. The summed E-state index contributed by atoms with van der Waals surface area (Å²) in [6.45, 7) is 0.928. The molecule has 1 aliphatic rings. The molecule has 62 valence electrons. The minimum atomic E-state index is 0.748. The molecule has 0 bridgehead atoms. The van der Waals surface area contributed by atoms with E-state index >= 15 is 0 Å². The summed E-state index contributed by atoms with van der Waals surface area (Å²) in [5.74, 6) is 0. The van der Waals surface area contributed by atoms with Gasteiger partial charge in [-0.25, -0.2) is 0 Å². The Morgan fingerprint density at radius 1 is 1.58 bits per heavy atom. The van der Waals surface area contributed by atoms with Crippen molar-refractivity contribution in [3.8, 4) is 6.07 Å². The Labute approximate surface area is 75.8 Å². The van der Waals surface area contributed by atoms with Gasteiger partial charge in [-0.2, -0.15) is 5.26 Å². The van der Waals surface area contributed by atoms with E-state index in [-0.39, 0.29) is 0 Å². The summed E-state index contributed by atoms with van der Waals surface area (Å²) in [5.41, 5.74) is 0. The summed E-state index contributed by atoms with van der Waals surface area (Å²) in [6.07, 6.45) is 2.63. The van der Waals surface area contributed by atoms with Crippen LogP contribution >= 0.6 is 11.3 Å². The lowest BCUT2D eigenvalue weighted by molar-refractivity contribution is 0.695. The van der Waals surface area contributed by atoms with Gasteiger partial charge in [0.15, 0.2) is 0 Å². The summed E-state index contributed by atoms with van der Waals surface area (Å²) < 4.78 is 0. The quantitative estimate of drug-likeness (QED) is 0.767. The van der Waals surface area contributed by atoms with Crippen molar-refractivity contribution >= 4 is 11.3 Å². The van der Waals surface area contributed by atoms with Gasteiger partial charge in [-0.3, -0.25) is 0 Å². The van der Waals surface area contributed by atoms with E-state index in [1.165, 1.54) is 17.7 Å². The molecule has 1 aromatic heterocycles. The number of hydrogen-bond acceptors (Lipinski definition) is 3. The largest absolute Gasteiger partial charge is 0.309 e. The van der Waals surface area contributed by atoms with Gasteiger partial charge >= 0.3 is 0 Å². The number of thiophene rings is 1. The molecule has 0 spiro atoms. The van der Waals surface area contributed by atoms with E-state index in [1.807, 2.05) is 12.1 Å². The molecule has 2 rings (SSSR count). The van der Waals surface area contributed by atoms with Gasteiger partial charge < -0.3 is 5.32 Å². The van der Waals surface area contributed by atoms with Gasteiger partial charge in [0, 0.05) is 17.5 Å². The Kier molecular flexibility index (Phi) is 2.11. The summed E-state index contributed by atoms with van der Waals surface area (Å²) in [5, 5.41) is 12.0.